The molecule has 1 unspecified atom stereocenters. The van der Waals surface area contributed by atoms with Gasteiger partial charge in [0.05, 0.1) is 12.0 Å². The molecule has 19 heavy (non-hydrogen) atoms. The number of cyclic esters (lactones) is 1. The highest BCUT2D eigenvalue weighted by Gasteiger charge is 2.45. The molecule has 1 saturated heterocycles. The van der Waals surface area contributed by atoms with Crippen molar-refractivity contribution in [3.05, 3.63) is 34.9 Å². The second kappa shape index (κ2) is 5.09. The summed E-state index contributed by atoms with van der Waals surface area (Å²) in [6.45, 7) is 2.10. The number of benzene rings is 1. The van der Waals surface area contributed by atoms with Gasteiger partial charge in [0.2, 0.25) is 0 Å². The summed E-state index contributed by atoms with van der Waals surface area (Å²) in [5.74, 6) is -0.957. The zero-order valence-electron chi connectivity index (χ0n) is 10.4. The molecule has 1 amide bonds. The van der Waals surface area contributed by atoms with Crippen LogP contribution < -0.4 is 0 Å². The quantitative estimate of drug-likeness (QED) is 0.922. The summed E-state index contributed by atoms with van der Waals surface area (Å²) in [7, 11) is 0. The van der Waals surface area contributed by atoms with Crippen molar-refractivity contribution in [1.82, 2.24) is 4.90 Å². The van der Waals surface area contributed by atoms with Gasteiger partial charge < -0.3 is 9.84 Å². The average Bonchev–Trinajstić information content (AvgIpc) is 2.59. The van der Waals surface area contributed by atoms with E-state index in [0.29, 0.717) is 11.6 Å². The minimum absolute atomic E-state index is 0.0890. The number of carbonyl (C=O) groups is 2. The van der Waals surface area contributed by atoms with Crippen LogP contribution in [0.15, 0.2) is 24.3 Å². The smallest absolute Gasteiger partial charge is 0.410 e. The molecule has 1 aromatic carbocycles. The first-order chi connectivity index (χ1) is 8.90. The molecule has 1 heterocycles. The lowest BCUT2D eigenvalue weighted by Gasteiger charge is -2.30. The summed E-state index contributed by atoms with van der Waals surface area (Å²) in [6.07, 6.45) is -0.634. The zero-order valence-corrected chi connectivity index (χ0v) is 11.2. The highest BCUT2D eigenvalue weighted by atomic mass is 35.5. The van der Waals surface area contributed by atoms with Crippen molar-refractivity contribution in [2.45, 2.75) is 25.4 Å². The Kier molecular flexibility index (Phi) is 3.66. The molecule has 102 valence electrons. The molecule has 2 rings (SSSR count). The summed E-state index contributed by atoms with van der Waals surface area (Å²) in [4.78, 5) is 24.1. The average molecular weight is 284 g/mol. The Bertz CT molecular complexity index is 502. The number of aliphatic carboxylic acids is 1. The Morgan fingerprint density at radius 2 is 2.11 bits per heavy atom. The van der Waals surface area contributed by atoms with Crippen molar-refractivity contribution in [3.8, 4) is 0 Å². The number of hydrogen-bond donors (Lipinski definition) is 1. The lowest BCUT2D eigenvalue weighted by Crippen LogP contribution is -2.45. The van der Waals surface area contributed by atoms with Crippen LogP contribution in [0.25, 0.3) is 0 Å². The van der Waals surface area contributed by atoms with E-state index in [2.05, 4.69) is 0 Å². The number of hydrogen-bond acceptors (Lipinski definition) is 3. The van der Waals surface area contributed by atoms with Crippen LogP contribution in [0.5, 0.6) is 0 Å². The summed E-state index contributed by atoms with van der Waals surface area (Å²) >= 11 is 5.80. The van der Waals surface area contributed by atoms with Crippen LogP contribution in [0, 0.1) is 0 Å². The molecule has 0 aromatic heterocycles. The van der Waals surface area contributed by atoms with Gasteiger partial charge >= 0.3 is 12.1 Å². The van der Waals surface area contributed by atoms with Crippen molar-refractivity contribution in [2.24, 2.45) is 0 Å². The van der Waals surface area contributed by atoms with Crippen molar-refractivity contribution in [2.75, 3.05) is 6.61 Å². The van der Waals surface area contributed by atoms with Gasteiger partial charge in [-0.2, -0.15) is 0 Å². The summed E-state index contributed by atoms with van der Waals surface area (Å²) in [5.41, 5.74) is 0.0580. The fraction of sp³-hybridized carbons (Fsp3) is 0.385. The monoisotopic (exact) mass is 283 g/mol. The zero-order chi connectivity index (χ0) is 14.0. The van der Waals surface area contributed by atoms with Crippen molar-refractivity contribution < 1.29 is 19.4 Å². The number of carboxylic acids is 1. The summed E-state index contributed by atoms with van der Waals surface area (Å²) in [5, 5.41) is 9.55. The van der Waals surface area contributed by atoms with E-state index in [0.717, 1.165) is 5.56 Å². The number of nitrogens with zero attached hydrogens (tertiary/aromatic N) is 1. The van der Waals surface area contributed by atoms with Crippen LogP contribution in [-0.2, 0) is 16.1 Å². The highest BCUT2D eigenvalue weighted by Crippen LogP contribution is 2.29. The first-order valence-corrected chi connectivity index (χ1v) is 6.19. The highest BCUT2D eigenvalue weighted by molar-refractivity contribution is 6.30. The number of carbonyl (C=O) groups excluding carboxylic acids is 1. The predicted octanol–water partition coefficient (Wildman–Crippen LogP) is 2.53. The molecule has 1 aliphatic heterocycles. The van der Waals surface area contributed by atoms with Crippen molar-refractivity contribution in [3.63, 3.8) is 0 Å². The number of rotatable bonds is 4. The normalized spacial score (nSPS) is 22.4. The van der Waals surface area contributed by atoms with Crippen LogP contribution in [0.3, 0.4) is 0 Å². The fourth-order valence-corrected chi connectivity index (χ4v) is 2.22. The van der Waals surface area contributed by atoms with Gasteiger partial charge in [0, 0.05) is 11.6 Å². The lowest BCUT2D eigenvalue weighted by molar-refractivity contribution is -0.139. The minimum atomic E-state index is -0.957. The van der Waals surface area contributed by atoms with E-state index in [1.165, 1.54) is 4.90 Å². The molecule has 1 aromatic rings. The number of halogens is 1. The van der Waals surface area contributed by atoms with E-state index >= 15 is 0 Å². The van der Waals surface area contributed by atoms with E-state index in [4.69, 9.17) is 21.4 Å². The molecule has 0 saturated carbocycles. The third-order valence-electron chi connectivity index (χ3n) is 3.16. The Morgan fingerprint density at radius 3 is 2.68 bits per heavy atom. The third kappa shape index (κ3) is 2.98. The van der Waals surface area contributed by atoms with Gasteiger partial charge in [-0.25, -0.2) is 4.79 Å². The topological polar surface area (TPSA) is 66.8 Å². The predicted molar refractivity (Wildman–Crippen MR) is 69.0 cm³/mol. The van der Waals surface area contributed by atoms with E-state index in [1.54, 1.807) is 31.2 Å². The second-order valence-corrected chi connectivity index (χ2v) is 5.27. The van der Waals surface area contributed by atoms with Gasteiger partial charge in [-0.1, -0.05) is 23.7 Å². The number of carboxylic acid groups (broad SMARTS) is 1. The molecule has 1 fully saturated rings. The summed E-state index contributed by atoms with van der Waals surface area (Å²) < 4.78 is 4.98. The van der Waals surface area contributed by atoms with Crippen LogP contribution in [0.4, 0.5) is 4.79 Å². The first-order valence-electron chi connectivity index (χ1n) is 5.81. The second-order valence-electron chi connectivity index (χ2n) is 4.83. The van der Waals surface area contributed by atoms with E-state index in [9.17, 15) is 9.59 Å². The standard InChI is InChI=1S/C13H14ClNO4/c1-13(6-11(16)17)8-19-12(18)15(13)7-9-2-4-10(14)5-3-9/h2-5H,6-8H2,1H3,(H,16,17). The third-order valence-corrected chi connectivity index (χ3v) is 3.42. The molecule has 1 atom stereocenters. The van der Waals surface area contributed by atoms with Gasteiger partial charge in [-0.05, 0) is 24.6 Å². The van der Waals surface area contributed by atoms with Crippen molar-refractivity contribution in [1.29, 1.82) is 0 Å². The van der Waals surface area contributed by atoms with Crippen LogP contribution in [0.2, 0.25) is 5.02 Å². The van der Waals surface area contributed by atoms with E-state index in [1.807, 2.05) is 0 Å². The molecule has 0 radical (unpaired) electrons. The fourth-order valence-electron chi connectivity index (χ4n) is 2.09. The van der Waals surface area contributed by atoms with Gasteiger partial charge in [-0.15, -0.1) is 0 Å². The maximum Gasteiger partial charge on any atom is 0.410 e. The van der Waals surface area contributed by atoms with Crippen LogP contribution in [-0.4, -0.2) is 34.2 Å². The Labute approximate surface area is 115 Å². The van der Waals surface area contributed by atoms with Gasteiger partial charge in [0.1, 0.15) is 6.61 Å². The lowest BCUT2D eigenvalue weighted by atomic mass is 9.97. The maximum atomic E-state index is 11.7. The molecule has 1 aliphatic rings. The minimum Gasteiger partial charge on any atom is -0.481 e. The number of ether oxygens (including phenoxy) is 1. The van der Waals surface area contributed by atoms with Gasteiger partial charge in [0.25, 0.3) is 0 Å². The van der Waals surface area contributed by atoms with Gasteiger partial charge in [-0.3, -0.25) is 9.69 Å². The van der Waals surface area contributed by atoms with Crippen LogP contribution in [0.1, 0.15) is 18.9 Å². The molecular formula is C13H14ClNO4. The largest absolute Gasteiger partial charge is 0.481 e. The molecule has 5 nitrogen and oxygen atoms in total. The van der Waals surface area contributed by atoms with Gasteiger partial charge in [0.15, 0.2) is 0 Å². The molecule has 0 spiro atoms. The van der Waals surface area contributed by atoms with E-state index < -0.39 is 17.6 Å². The van der Waals surface area contributed by atoms with E-state index in [-0.39, 0.29) is 13.0 Å². The first kappa shape index (κ1) is 13.7. The SMILES string of the molecule is CC1(CC(=O)O)COC(=O)N1Cc1ccc(Cl)cc1. The molecule has 6 heteroatoms. The molecular weight excluding hydrogens is 270 g/mol. The molecule has 0 bridgehead atoms. The maximum absolute atomic E-state index is 11.7. The number of amides is 1. The Balaban J connectivity index is 2.18. The van der Waals surface area contributed by atoms with Crippen molar-refractivity contribution >= 4 is 23.7 Å². The van der Waals surface area contributed by atoms with Crippen LogP contribution >= 0.6 is 11.6 Å². The molecule has 0 aliphatic carbocycles. The Hall–Kier alpha value is -1.75. The Morgan fingerprint density at radius 1 is 1.47 bits per heavy atom. The molecule has 1 N–H and O–H groups in total. The summed E-state index contributed by atoms with van der Waals surface area (Å²) in [6, 6.07) is 7.06.